The van der Waals surface area contributed by atoms with Gasteiger partial charge in [0.15, 0.2) is 0 Å². The topological polar surface area (TPSA) is 143 Å². The van der Waals surface area contributed by atoms with E-state index in [4.69, 9.17) is 14.7 Å². The maximum absolute atomic E-state index is 13.2. The number of nitrogens with one attached hydrogen (secondary N) is 1. The molecule has 1 aliphatic rings. The van der Waals surface area contributed by atoms with E-state index in [0.29, 0.717) is 20.9 Å². The minimum Gasteiger partial charge on any atom is -0.497 e. The summed E-state index contributed by atoms with van der Waals surface area (Å²) in [5.41, 5.74) is 1.36. The van der Waals surface area contributed by atoms with Crippen molar-refractivity contribution in [3.05, 3.63) is 71.8 Å². The molecule has 176 valence electrons. The Hall–Kier alpha value is -3.39. The Kier molecular flexibility index (Phi) is 7.07. The maximum Gasteiger partial charge on any atom is 0.360 e. The molecule has 0 spiro atoms. The van der Waals surface area contributed by atoms with Crippen LogP contribution in [0.4, 0.5) is 4.79 Å². The number of carbonyl (C=O) groups excluding carboxylic acids is 1. The minimum atomic E-state index is -4.33. The molecule has 33 heavy (non-hydrogen) atoms. The predicted molar refractivity (Wildman–Crippen MR) is 116 cm³/mol. The van der Waals surface area contributed by atoms with Gasteiger partial charge in [-0.15, -0.1) is 0 Å². The zero-order valence-electron chi connectivity index (χ0n) is 17.6. The van der Waals surface area contributed by atoms with Crippen LogP contribution in [0.15, 0.2) is 81.6 Å². The Morgan fingerprint density at radius 1 is 0.909 bits per heavy atom. The number of amides is 2. The summed E-state index contributed by atoms with van der Waals surface area (Å²) in [5.74, 6) is 0.879. The molecule has 3 rings (SSSR count). The molecule has 0 atom stereocenters. The van der Waals surface area contributed by atoms with Crippen molar-refractivity contribution in [1.29, 1.82) is 0 Å². The van der Waals surface area contributed by atoms with Crippen molar-refractivity contribution in [2.75, 3.05) is 20.8 Å². The number of hydrogen-bond donors (Lipinski definition) is 2. The van der Waals surface area contributed by atoms with Gasteiger partial charge < -0.3 is 9.47 Å². The van der Waals surface area contributed by atoms with Crippen molar-refractivity contribution in [1.82, 2.24) is 14.9 Å². The summed E-state index contributed by atoms with van der Waals surface area (Å²) in [7, 11) is -5.52. The second kappa shape index (κ2) is 9.62. The monoisotopic (exact) mass is 495 g/mol. The Balaban J connectivity index is 2.03. The zero-order chi connectivity index (χ0) is 24.2. The number of carbonyl (C=O) groups is 1. The smallest absolute Gasteiger partial charge is 0.360 e. The Morgan fingerprint density at radius 3 is 1.91 bits per heavy atom. The van der Waals surface area contributed by atoms with Gasteiger partial charge in [0.2, 0.25) is 9.84 Å². The summed E-state index contributed by atoms with van der Waals surface area (Å²) in [6.07, 6.45) is 3.16. The van der Waals surface area contributed by atoms with Gasteiger partial charge in [-0.1, -0.05) is 4.41 Å². The number of benzene rings is 2. The third-order valence-corrected chi connectivity index (χ3v) is 8.25. The van der Waals surface area contributed by atoms with Crippen LogP contribution in [0, 0.1) is 0 Å². The summed E-state index contributed by atoms with van der Waals surface area (Å²) < 4.78 is 63.3. The van der Waals surface area contributed by atoms with E-state index in [-0.39, 0.29) is 14.7 Å². The second-order valence-electron chi connectivity index (χ2n) is 6.55. The summed E-state index contributed by atoms with van der Waals surface area (Å²) in [6, 6.07) is 9.82. The molecule has 2 aromatic rings. The molecule has 0 radical (unpaired) electrons. The fourth-order valence-corrected chi connectivity index (χ4v) is 5.59. The van der Waals surface area contributed by atoms with Gasteiger partial charge in [0, 0.05) is 6.20 Å². The van der Waals surface area contributed by atoms with Crippen LogP contribution in [0.25, 0.3) is 0 Å². The molecule has 0 unspecified atom stereocenters. The molecular formula is C20H21N3O8S2. The molecule has 13 heteroatoms. The molecule has 1 aliphatic heterocycles. The molecular weight excluding hydrogens is 474 g/mol. The number of sulfonamides is 1. The van der Waals surface area contributed by atoms with Gasteiger partial charge in [-0.2, -0.15) is 0 Å². The Labute approximate surface area is 191 Å². The van der Waals surface area contributed by atoms with E-state index in [1.54, 1.807) is 0 Å². The largest absolute Gasteiger partial charge is 0.497 e. The van der Waals surface area contributed by atoms with Gasteiger partial charge in [0.1, 0.15) is 11.5 Å². The normalized spacial score (nSPS) is 14.9. The van der Waals surface area contributed by atoms with Gasteiger partial charge in [-0.05, 0) is 60.7 Å². The van der Waals surface area contributed by atoms with Crippen molar-refractivity contribution >= 4 is 25.9 Å². The van der Waals surface area contributed by atoms with Crippen molar-refractivity contribution in [2.45, 2.75) is 9.79 Å². The summed E-state index contributed by atoms with van der Waals surface area (Å²) >= 11 is 0. The third kappa shape index (κ3) is 4.85. The lowest BCUT2D eigenvalue weighted by Crippen LogP contribution is -2.49. The highest BCUT2D eigenvalue weighted by Crippen LogP contribution is 2.27. The molecule has 11 nitrogen and oxygen atoms in total. The maximum atomic E-state index is 13.2. The van der Waals surface area contributed by atoms with Gasteiger partial charge in [-0.25, -0.2) is 32.1 Å². The minimum absolute atomic E-state index is 0.0520. The molecule has 0 bridgehead atoms. The molecule has 0 saturated heterocycles. The van der Waals surface area contributed by atoms with E-state index in [2.05, 4.69) is 0 Å². The number of allylic oxidation sites excluding steroid dienone is 1. The van der Waals surface area contributed by atoms with Crippen LogP contribution in [-0.4, -0.2) is 58.3 Å². The molecule has 0 saturated carbocycles. The van der Waals surface area contributed by atoms with Crippen LogP contribution in [-0.2, 0) is 19.9 Å². The molecule has 0 fully saturated rings. The second-order valence-corrected chi connectivity index (χ2v) is 10.3. The standard InChI is InChI=1S/C20H21N3O8S2/c1-30-15-3-7-17(8-4-15)32(26,27)18-11-13-22(20(24)21-25)23(14-12-18)33(28,29)19-9-5-16(31-2)6-10-19/h3-13,25H,14H2,1-2H3,(H,21,24). The first-order valence-corrected chi connectivity index (χ1v) is 12.2. The van der Waals surface area contributed by atoms with Gasteiger partial charge in [0.05, 0.1) is 35.5 Å². The van der Waals surface area contributed by atoms with E-state index in [9.17, 15) is 21.6 Å². The molecule has 0 aromatic heterocycles. The molecule has 2 aromatic carbocycles. The molecule has 2 amide bonds. The fourth-order valence-electron chi connectivity index (χ4n) is 2.94. The average Bonchev–Trinajstić information content (AvgIpc) is 3.08. The number of ether oxygens (including phenoxy) is 2. The Bertz CT molecular complexity index is 1290. The van der Waals surface area contributed by atoms with Crippen LogP contribution in [0.2, 0.25) is 0 Å². The quantitative estimate of drug-likeness (QED) is 0.457. The van der Waals surface area contributed by atoms with Crippen molar-refractivity contribution in [2.24, 2.45) is 0 Å². The lowest BCUT2D eigenvalue weighted by Gasteiger charge is -2.29. The predicted octanol–water partition coefficient (Wildman–Crippen LogP) is 1.90. The van der Waals surface area contributed by atoms with Crippen LogP contribution in [0.1, 0.15) is 0 Å². The lowest BCUT2D eigenvalue weighted by molar-refractivity contribution is 0.0953. The van der Waals surface area contributed by atoms with E-state index in [1.165, 1.54) is 68.2 Å². The molecule has 1 heterocycles. The summed E-state index contributed by atoms with van der Waals surface area (Å²) in [4.78, 5) is 11.7. The first kappa shape index (κ1) is 24.3. The van der Waals surface area contributed by atoms with Gasteiger partial charge in [-0.3, -0.25) is 5.21 Å². The number of hydroxylamine groups is 1. The average molecular weight is 496 g/mol. The Morgan fingerprint density at radius 2 is 1.42 bits per heavy atom. The van der Waals surface area contributed by atoms with Crippen LogP contribution in [0.3, 0.4) is 0 Å². The number of hydrogen-bond acceptors (Lipinski definition) is 8. The highest BCUT2D eigenvalue weighted by molar-refractivity contribution is 7.95. The molecule has 0 aliphatic carbocycles. The van der Waals surface area contributed by atoms with E-state index >= 15 is 0 Å². The first-order valence-electron chi connectivity index (χ1n) is 9.32. The number of urea groups is 1. The highest BCUT2D eigenvalue weighted by Gasteiger charge is 2.34. The van der Waals surface area contributed by atoms with Crippen LogP contribution >= 0.6 is 0 Å². The first-order chi connectivity index (χ1) is 15.6. The number of sulfone groups is 1. The number of rotatable bonds is 6. The molecule has 2 N–H and O–H groups in total. The highest BCUT2D eigenvalue weighted by atomic mass is 32.2. The SMILES string of the molecule is COc1ccc(S(=O)(=O)C2=CCN(S(=O)(=O)c3ccc(OC)cc3)N(C(=O)NO)C=C2)cc1. The van der Waals surface area contributed by atoms with Crippen molar-refractivity contribution in [3.63, 3.8) is 0 Å². The number of hydrazine groups is 1. The van der Waals surface area contributed by atoms with Gasteiger partial charge >= 0.3 is 6.03 Å². The zero-order valence-corrected chi connectivity index (χ0v) is 19.2. The van der Waals surface area contributed by atoms with Gasteiger partial charge in [0.25, 0.3) is 10.0 Å². The van der Waals surface area contributed by atoms with E-state index in [1.807, 2.05) is 0 Å². The summed E-state index contributed by atoms with van der Waals surface area (Å²) in [6.45, 7) is -0.514. The summed E-state index contributed by atoms with van der Waals surface area (Å²) in [5, 5.41) is 9.66. The lowest BCUT2D eigenvalue weighted by atomic mass is 10.3. The fraction of sp³-hybridized carbons (Fsp3) is 0.150. The van der Waals surface area contributed by atoms with Crippen LogP contribution in [0.5, 0.6) is 11.5 Å². The number of methoxy groups -OCH3 is 2. The van der Waals surface area contributed by atoms with Crippen molar-refractivity contribution in [3.8, 4) is 11.5 Å². The van der Waals surface area contributed by atoms with E-state index in [0.717, 1.165) is 18.4 Å². The van der Waals surface area contributed by atoms with E-state index < -0.39 is 32.4 Å². The van der Waals surface area contributed by atoms with Crippen molar-refractivity contribution < 1.29 is 36.3 Å². The van der Waals surface area contributed by atoms with Crippen LogP contribution < -0.4 is 15.0 Å². The number of nitrogens with zero attached hydrogens (tertiary/aromatic N) is 2. The third-order valence-electron chi connectivity index (χ3n) is 4.69.